The van der Waals surface area contributed by atoms with Crippen molar-refractivity contribution in [3.63, 3.8) is 0 Å². The molecule has 0 heterocycles. The predicted molar refractivity (Wildman–Crippen MR) is 64.8 cm³/mol. The summed E-state index contributed by atoms with van der Waals surface area (Å²) in [7, 11) is -2.83. The third kappa shape index (κ3) is 4.19. The van der Waals surface area contributed by atoms with Gasteiger partial charge in [-0.2, -0.15) is 13.2 Å². The molecule has 4 nitrogen and oxygen atoms in total. The summed E-state index contributed by atoms with van der Waals surface area (Å²) in [6.07, 6.45) is -5.58. The number of alkyl halides is 3. The summed E-state index contributed by atoms with van der Waals surface area (Å²) in [6.45, 7) is -0.618. The van der Waals surface area contributed by atoms with Crippen LogP contribution < -0.4 is 5.73 Å². The second-order valence-corrected chi connectivity index (χ2v) is 6.02. The van der Waals surface area contributed by atoms with Crippen LogP contribution in [0.15, 0.2) is 29.2 Å². The lowest BCUT2D eigenvalue weighted by atomic mass is 10.2. The molecule has 0 saturated carbocycles. The van der Waals surface area contributed by atoms with Gasteiger partial charge in [0.25, 0.3) is 0 Å². The van der Waals surface area contributed by atoms with Gasteiger partial charge in [-0.05, 0) is 11.6 Å². The number of nitrogens with zero attached hydrogens (tertiary/aromatic N) is 1. The van der Waals surface area contributed by atoms with Gasteiger partial charge in [0.2, 0.25) is 10.0 Å². The Morgan fingerprint density at radius 2 is 1.84 bits per heavy atom. The van der Waals surface area contributed by atoms with Crippen molar-refractivity contribution in [3.8, 4) is 0 Å². The largest absolute Gasteiger partial charge is 0.390 e. The van der Waals surface area contributed by atoms with Gasteiger partial charge in [0.05, 0.1) is 11.3 Å². The molecule has 0 aromatic heterocycles. The van der Waals surface area contributed by atoms with Crippen LogP contribution >= 0.6 is 0 Å². The van der Waals surface area contributed by atoms with Gasteiger partial charge in [-0.15, -0.1) is 0 Å². The van der Waals surface area contributed by atoms with E-state index in [1.807, 2.05) is 0 Å². The first-order chi connectivity index (χ1) is 8.68. The Morgan fingerprint density at radius 1 is 1.26 bits per heavy atom. The average Bonchev–Trinajstić information content (AvgIpc) is 2.34. The van der Waals surface area contributed by atoms with Gasteiger partial charge < -0.3 is 5.73 Å². The summed E-state index contributed by atoms with van der Waals surface area (Å²) in [4.78, 5) is -0.0535. The summed E-state index contributed by atoms with van der Waals surface area (Å²) in [5, 5.41) is 0. The topological polar surface area (TPSA) is 63.4 Å². The standard InChI is InChI=1S/C11H15F3N2O2S/c1-16(7-6-11(12,13)14)19(17,18)10-5-3-2-4-9(10)8-15/h2-5H,6-8,15H2,1H3. The fraction of sp³-hybridized carbons (Fsp3) is 0.455. The summed E-state index contributed by atoms with van der Waals surface area (Å²) in [5.74, 6) is 0. The van der Waals surface area contributed by atoms with E-state index in [4.69, 9.17) is 5.73 Å². The van der Waals surface area contributed by atoms with Crippen LogP contribution in [0.3, 0.4) is 0 Å². The first kappa shape index (κ1) is 15.9. The maximum absolute atomic E-state index is 12.1. The molecule has 1 rings (SSSR count). The summed E-state index contributed by atoms with van der Waals surface area (Å²) >= 11 is 0. The molecule has 0 aliphatic heterocycles. The maximum Gasteiger partial charge on any atom is 0.390 e. The number of nitrogens with two attached hydrogens (primary N) is 1. The van der Waals surface area contributed by atoms with Gasteiger partial charge in [0.15, 0.2) is 0 Å². The van der Waals surface area contributed by atoms with Crippen molar-refractivity contribution in [1.82, 2.24) is 4.31 Å². The lowest BCUT2D eigenvalue weighted by Crippen LogP contribution is -2.31. The van der Waals surface area contributed by atoms with E-state index in [-0.39, 0.29) is 11.4 Å². The predicted octanol–water partition coefficient (Wildman–Crippen LogP) is 1.72. The lowest BCUT2D eigenvalue weighted by molar-refractivity contribution is -0.135. The number of halogens is 3. The van der Waals surface area contributed by atoms with Crippen molar-refractivity contribution in [3.05, 3.63) is 29.8 Å². The van der Waals surface area contributed by atoms with Crippen molar-refractivity contribution in [1.29, 1.82) is 0 Å². The normalized spacial score (nSPS) is 12.9. The van der Waals surface area contributed by atoms with Gasteiger partial charge in [-0.3, -0.25) is 0 Å². The number of rotatable bonds is 5. The Bertz CT molecular complexity index is 529. The van der Waals surface area contributed by atoms with E-state index in [1.54, 1.807) is 6.07 Å². The van der Waals surface area contributed by atoms with Crippen molar-refractivity contribution < 1.29 is 21.6 Å². The molecule has 0 radical (unpaired) electrons. The third-order valence-electron chi connectivity index (χ3n) is 2.59. The monoisotopic (exact) mass is 296 g/mol. The molecule has 0 aliphatic rings. The summed E-state index contributed by atoms with van der Waals surface area (Å²) < 4.78 is 61.3. The Kier molecular flexibility index (Phi) is 4.94. The van der Waals surface area contributed by atoms with Crippen LogP contribution in [0.1, 0.15) is 12.0 Å². The number of hydrogen-bond acceptors (Lipinski definition) is 3. The van der Waals surface area contributed by atoms with Gasteiger partial charge in [-0.25, -0.2) is 12.7 Å². The molecular weight excluding hydrogens is 281 g/mol. The molecule has 0 atom stereocenters. The van der Waals surface area contributed by atoms with Crippen molar-refractivity contribution in [2.75, 3.05) is 13.6 Å². The zero-order chi connectivity index (χ0) is 14.7. The van der Waals surface area contributed by atoms with Gasteiger partial charge in [0, 0.05) is 20.1 Å². The van der Waals surface area contributed by atoms with Crippen LogP contribution in [0.4, 0.5) is 13.2 Å². The minimum atomic E-state index is -4.39. The minimum absolute atomic E-state index is 0.00249. The zero-order valence-corrected chi connectivity index (χ0v) is 11.1. The Balaban J connectivity index is 2.97. The van der Waals surface area contributed by atoms with Crippen LogP contribution in [0.5, 0.6) is 0 Å². The highest BCUT2D eigenvalue weighted by molar-refractivity contribution is 7.89. The quantitative estimate of drug-likeness (QED) is 0.900. The molecule has 0 spiro atoms. The lowest BCUT2D eigenvalue weighted by Gasteiger charge is -2.19. The maximum atomic E-state index is 12.1. The van der Waals surface area contributed by atoms with E-state index in [9.17, 15) is 21.6 Å². The number of sulfonamides is 1. The SMILES string of the molecule is CN(CCC(F)(F)F)S(=O)(=O)c1ccccc1CN. The summed E-state index contributed by atoms with van der Waals surface area (Å²) in [6, 6.07) is 5.99. The minimum Gasteiger partial charge on any atom is -0.326 e. The summed E-state index contributed by atoms with van der Waals surface area (Å²) in [5.41, 5.74) is 5.80. The Labute approximate surface area is 110 Å². The molecule has 0 aliphatic carbocycles. The van der Waals surface area contributed by atoms with Crippen LogP contribution in [-0.2, 0) is 16.6 Å². The van der Waals surface area contributed by atoms with Gasteiger partial charge in [-0.1, -0.05) is 18.2 Å². The van der Waals surface area contributed by atoms with Crippen LogP contribution in [-0.4, -0.2) is 32.5 Å². The van der Waals surface area contributed by atoms with E-state index >= 15 is 0 Å². The number of hydrogen-bond donors (Lipinski definition) is 1. The molecule has 0 unspecified atom stereocenters. The molecule has 0 amide bonds. The zero-order valence-electron chi connectivity index (χ0n) is 10.3. The Hall–Kier alpha value is -1.12. The van der Waals surface area contributed by atoms with Crippen molar-refractivity contribution in [2.24, 2.45) is 5.73 Å². The van der Waals surface area contributed by atoms with Crippen LogP contribution in [0.2, 0.25) is 0 Å². The van der Waals surface area contributed by atoms with E-state index in [2.05, 4.69) is 0 Å². The van der Waals surface area contributed by atoms with Crippen molar-refractivity contribution in [2.45, 2.75) is 24.0 Å². The van der Waals surface area contributed by atoms with Crippen LogP contribution in [0, 0.1) is 0 Å². The highest BCUT2D eigenvalue weighted by Crippen LogP contribution is 2.23. The molecule has 2 N–H and O–H groups in total. The first-order valence-corrected chi connectivity index (χ1v) is 6.93. The van der Waals surface area contributed by atoms with E-state index in [0.29, 0.717) is 9.87 Å². The van der Waals surface area contributed by atoms with Crippen molar-refractivity contribution >= 4 is 10.0 Å². The smallest absolute Gasteiger partial charge is 0.326 e. The van der Waals surface area contributed by atoms with Gasteiger partial charge >= 0.3 is 6.18 Å². The molecule has 1 aromatic rings. The molecule has 19 heavy (non-hydrogen) atoms. The molecule has 108 valence electrons. The van der Waals surface area contributed by atoms with E-state index in [0.717, 1.165) is 7.05 Å². The highest BCUT2D eigenvalue weighted by Gasteiger charge is 2.31. The Morgan fingerprint density at radius 3 is 2.37 bits per heavy atom. The van der Waals surface area contributed by atoms with E-state index < -0.39 is 29.2 Å². The number of benzene rings is 1. The fourth-order valence-corrected chi connectivity index (χ4v) is 2.90. The average molecular weight is 296 g/mol. The van der Waals surface area contributed by atoms with Crippen LogP contribution in [0.25, 0.3) is 0 Å². The second kappa shape index (κ2) is 5.89. The molecule has 1 aromatic carbocycles. The molecule has 0 fully saturated rings. The molecule has 0 saturated heterocycles. The van der Waals surface area contributed by atoms with Gasteiger partial charge in [0.1, 0.15) is 0 Å². The highest BCUT2D eigenvalue weighted by atomic mass is 32.2. The molecule has 0 bridgehead atoms. The first-order valence-electron chi connectivity index (χ1n) is 5.49. The molecule has 8 heteroatoms. The van der Waals surface area contributed by atoms with E-state index in [1.165, 1.54) is 18.2 Å². The molecular formula is C11H15F3N2O2S. The second-order valence-electron chi connectivity index (χ2n) is 4.00. The third-order valence-corrected chi connectivity index (χ3v) is 4.55. The fourth-order valence-electron chi connectivity index (χ4n) is 1.50.